The Bertz CT molecular complexity index is 623. The molecule has 0 radical (unpaired) electrons. The fourth-order valence-electron chi connectivity index (χ4n) is 1.82. The van der Waals surface area contributed by atoms with Crippen LogP contribution in [0.1, 0.15) is 35.7 Å². The lowest BCUT2D eigenvalue weighted by atomic mass is 10.0. The van der Waals surface area contributed by atoms with Crippen molar-refractivity contribution in [3.05, 3.63) is 63.9 Å². The third kappa shape index (κ3) is 3.45. The Hall–Kier alpha value is -1.68. The molecular formula is C16H15BrFNO. The van der Waals surface area contributed by atoms with Crippen molar-refractivity contribution in [2.24, 2.45) is 0 Å². The van der Waals surface area contributed by atoms with Gasteiger partial charge in [-0.25, -0.2) is 4.39 Å². The Morgan fingerprint density at radius 2 is 1.80 bits per heavy atom. The molecule has 4 heteroatoms. The highest BCUT2D eigenvalue weighted by atomic mass is 79.9. The van der Waals surface area contributed by atoms with E-state index in [1.54, 1.807) is 0 Å². The van der Waals surface area contributed by atoms with Gasteiger partial charge in [0, 0.05) is 10.2 Å². The summed E-state index contributed by atoms with van der Waals surface area (Å²) in [5.41, 5.74) is 2.33. The molecule has 2 aromatic carbocycles. The Morgan fingerprint density at radius 3 is 2.35 bits per heavy atom. The Balaban J connectivity index is 2.15. The predicted molar refractivity (Wildman–Crippen MR) is 82.6 cm³/mol. The van der Waals surface area contributed by atoms with Gasteiger partial charge in [0.1, 0.15) is 5.82 Å². The van der Waals surface area contributed by atoms with Crippen LogP contribution in [-0.2, 0) is 0 Å². The van der Waals surface area contributed by atoms with Gasteiger partial charge in [-0.2, -0.15) is 0 Å². The molecule has 0 saturated carbocycles. The summed E-state index contributed by atoms with van der Waals surface area (Å²) in [4.78, 5) is 12.1. The molecule has 1 N–H and O–H groups in total. The zero-order chi connectivity index (χ0) is 14.7. The maximum Gasteiger partial charge on any atom is 0.256 e. The fraction of sp³-hybridized carbons (Fsp3) is 0.188. The molecule has 104 valence electrons. The van der Waals surface area contributed by atoms with Gasteiger partial charge in [-0.1, -0.05) is 26.0 Å². The highest BCUT2D eigenvalue weighted by molar-refractivity contribution is 9.10. The molecule has 0 aromatic heterocycles. The van der Waals surface area contributed by atoms with Crippen molar-refractivity contribution >= 4 is 27.5 Å². The summed E-state index contributed by atoms with van der Waals surface area (Å²) < 4.78 is 13.4. The molecule has 1 amide bonds. The lowest BCUT2D eigenvalue weighted by Gasteiger charge is -2.09. The molecule has 20 heavy (non-hydrogen) atoms. The fourth-order valence-corrected chi connectivity index (χ4v) is 2.35. The third-order valence-electron chi connectivity index (χ3n) is 3.01. The van der Waals surface area contributed by atoms with Crippen LogP contribution in [0.4, 0.5) is 10.1 Å². The van der Waals surface area contributed by atoms with E-state index in [2.05, 4.69) is 35.1 Å². The van der Waals surface area contributed by atoms with Gasteiger partial charge in [-0.05, 0) is 57.7 Å². The third-order valence-corrected chi connectivity index (χ3v) is 3.67. The molecule has 0 heterocycles. The largest absolute Gasteiger partial charge is 0.322 e. The molecule has 0 bridgehead atoms. The van der Waals surface area contributed by atoms with Crippen molar-refractivity contribution in [3.63, 3.8) is 0 Å². The minimum Gasteiger partial charge on any atom is -0.322 e. The van der Waals surface area contributed by atoms with E-state index in [4.69, 9.17) is 0 Å². The van der Waals surface area contributed by atoms with E-state index in [9.17, 15) is 9.18 Å². The summed E-state index contributed by atoms with van der Waals surface area (Å²) in [5.74, 6) is -0.199. The number of amides is 1. The number of halogens is 2. The molecule has 0 atom stereocenters. The predicted octanol–water partition coefficient (Wildman–Crippen LogP) is 4.96. The maximum absolute atomic E-state index is 13.0. The number of carbonyl (C=O) groups excluding carboxylic acids is 1. The molecule has 0 aliphatic rings. The van der Waals surface area contributed by atoms with Crippen LogP contribution in [0.3, 0.4) is 0 Å². The van der Waals surface area contributed by atoms with Crippen LogP contribution in [0, 0.1) is 5.82 Å². The van der Waals surface area contributed by atoms with E-state index in [-0.39, 0.29) is 11.7 Å². The van der Waals surface area contributed by atoms with Crippen molar-refractivity contribution in [1.82, 2.24) is 0 Å². The first-order valence-corrected chi connectivity index (χ1v) is 7.13. The zero-order valence-electron chi connectivity index (χ0n) is 11.3. The summed E-state index contributed by atoms with van der Waals surface area (Å²) in [6.07, 6.45) is 0. The van der Waals surface area contributed by atoms with E-state index in [1.165, 1.54) is 23.8 Å². The number of hydrogen-bond donors (Lipinski definition) is 1. The minimum atomic E-state index is -0.380. The van der Waals surface area contributed by atoms with E-state index in [0.717, 1.165) is 5.69 Å². The van der Waals surface area contributed by atoms with Gasteiger partial charge in [0.2, 0.25) is 0 Å². The first-order chi connectivity index (χ1) is 9.47. The molecule has 0 aliphatic heterocycles. The van der Waals surface area contributed by atoms with Gasteiger partial charge in [-0.15, -0.1) is 0 Å². The second-order valence-electron chi connectivity index (χ2n) is 4.86. The van der Waals surface area contributed by atoms with Crippen molar-refractivity contribution in [2.45, 2.75) is 19.8 Å². The Kier molecular flexibility index (Phi) is 4.55. The molecule has 0 aliphatic carbocycles. The highest BCUT2D eigenvalue weighted by Crippen LogP contribution is 2.21. The molecule has 0 spiro atoms. The van der Waals surface area contributed by atoms with E-state index < -0.39 is 0 Å². The smallest absolute Gasteiger partial charge is 0.256 e. The average molecular weight is 336 g/mol. The summed E-state index contributed by atoms with van der Waals surface area (Å²) in [7, 11) is 0. The van der Waals surface area contributed by atoms with Crippen LogP contribution >= 0.6 is 15.9 Å². The molecule has 0 fully saturated rings. The monoisotopic (exact) mass is 335 g/mol. The van der Waals surface area contributed by atoms with Crippen LogP contribution in [0.25, 0.3) is 0 Å². The summed E-state index contributed by atoms with van der Waals surface area (Å²) in [6, 6.07) is 11.7. The molecule has 0 unspecified atom stereocenters. The lowest BCUT2D eigenvalue weighted by molar-refractivity contribution is 0.102. The summed E-state index contributed by atoms with van der Waals surface area (Å²) in [6.45, 7) is 4.23. The van der Waals surface area contributed by atoms with Crippen molar-refractivity contribution in [1.29, 1.82) is 0 Å². The summed E-state index contributed by atoms with van der Waals surface area (Å²) >= 11 is 3.19. The molecule has 0 saturated heterocycles. The molecule has 2 aromatic rings. The molecule has 2 rings (SSSR count). The minimum absolute atomic E-state index is 0.269. The first-order valence-electron chi connectivity index (χ1n) is 6.33. The SMILES string of the molecule is CC(C)c1ccc(NC(=O)c2ccc(F)cc2Br)cc1. The second-order valence-corrected chi connectivity index (χ2v) is 5.71. The number of rotatable bonds is 3. The number of nitrogens with one attached hydrogen (secondary N) is 1. The highest BCUT2D eigenvalue weighted by Gasteiger charge is 2.11. The quantitative estimate of drug-likeness (QED) is 0.843. The van der Waals surface area contributed by atoms with Crippen LogP contribution in [0.2, 0.25) is 0 Å². The number of benzene rings is 2. The van der Waals surface area contributed by atoms with Crippen molar-refractivity contribution < 1.29 is 9.18 Å². The second kappa shape index (κ2) is 6.18. The molecular weight excluding hydrogens is 321 g/mol. The standard InChI is InChI=1S/C16H15BrFNO/c1-10(2)11-3-6-13(7-4-11)19-16(20)14-8-5-12(18)9-15(14)17/h3-10H,1-2H3,(H,19,20). The number of carbonyl (C=O) groups is 1. The summed E-state index contributed by atoms with van der Waals surface area (Å²) in [5, 5.41) is 2.79. The van der Waals surface area contributed by atoms with Crippen molar-refractivity contribution in [2.75, 3.05) is 5.32 Å². The van der Waals surface area contributed by atoms with Gasteiger partial charge >= 0.3 is 0 Å². The van der Waals surface area contributed by atoms with E-state index in [0.29, 0.717) is 16.0 Å². The maximum atomic E-state index is 13.0. The van der Waals surface area contributed by atoms with Crippen LogP contribution < -0.4 is 5.32 Å². The van der Waals surface area contributed by atoms with E-state index >= 15 is 0 Å². The van der Waals surface area contributed by atoms with Gasteiger partial charge in [0.15, 0.2) is 0 Å². The Morgan fingerprint density at radius 1 is 1.15 bits per heavy atom. The average Bonchev–Trinajstić information content (AvgIpc) is 2.39. The normalized spacial score (nSPS) is 10.7. The van der Waals surface area contributed by atoms with Crippen LogP contribution in [-0.4, -0.2) is 5.91 Å². The topological polar surface area (TPSA) is 29.1 Å². The van der Waals surface area contributed by atoms with Gasteiger partial charge in [-0.3, -0.25) is 4.79 Å². The zero-order valence-corrected chi connectivity index (χ0v) is 12.9. The van der Waals surface area contributed by atoms with Crippen LogP contribution in [0.15, 0.2) is 46.9 Å². The van der Waals surface area contributed by atoms with Gasteiger partial charge < -0.3 is 5.32 Å². The lowest BCUT2D eigenvalue weighted by Crippen LogP contribution is -2.12. The van der Waals surface area contributed by atoms with Gasteiger partial charge in [0.25, 0.3) is 5.91 Å². The van der Waals surface area contributed by atoms with Gasteiger partial charge in [0.05, 0.1) is 5.56 Å². The van der Waals surface area contributed by atoms with E-state index in [1.807, 2.05) is 24.3 Å². The number of anilines is 1. The van der Waals surface area contributed by atoms with Crippen LogP contribution in [0.5, 0.6) is 0 Å². The Labute approximate surface area is 126 Å². The van der Waals surface area contributed by atoms with Crippen molar-refractivity contribution in [3.8, 4) is 0 Å². The number of hydrogen-bond acceptors (Lipinski definition) is 1. The first kappa shape index (κ1) is 14.7. The molecule has 2 nitrogen and oxygen atoms in total.